The molecule has 0 fully saturated rings. The van der Waals surface area contributed by atoms with Crippen LogP contribution in [-0.4, -0.2) is 94.2 Å². The monoisotopic (exact) mass is 680 g/mol. The first-order valence-electron chi connectivity index (χ1n) is 16.7. The van der Waals surface area contributed by atoms with Crippen LogP contribution in [0.5, 0.6) is 0 Å². The molecule has 0 saturated carbocycles. The molecule has 0 aliphatic carbocycles. The maximum atomic E-state index is 11.9. The lowest BCUT2D eigenvalue weighted by Crippen LogP contribution is -2.28. The Kier molecular flexibility index (Phi) is 34.2. The second-order valence-corrected chi connectivity index (χ2v) is 11.4. The van der Waals surface area contributed by atoms with Crippen molar-refractivity contribution < 1.29 is 38.4 Å². The molecule has 254 valence electrons. The zero-order valence-corrected chi connectivity index (χ0v) is 28.3. The molecule has 0 rings (SSSR count). The van der Waals surface area contributed by atoms with E-state index < -0.39 is 5.97 Å². The molecule has 10 nitrogen and oxygen atoms in total. The summed E-state index contributed by atoms with van der Waals surface area (Å²) in [7, 11) is 0. The van der Waals surface area contributed by atoms with Gasteiger partial charge in [-0.2, -0.15) is 0 Å². The average Bonchev–Trinajstić information content (AvgIpc) is 2.99. The lowest BCUT2D eigenvalue weighted by Gasteiger charge is -2.08. The van der Waals surface area contributed by atoms with Crippen LogP contribution in [0.3, 0.4) is 0 Å². The summed E-state index contributed by atoms with van der Waals surface area (Å²) in [6.45, 7) is 4.86. The zero-order chi connectivity index (χ0) is 31.5. The Hall–Kier alpha value is -1.27. The SMILES string of the molecule is O=C(O)CCCCCCCCCCCCCCCCCCC(=O)NCCOCCOCCOCCOCCNC(=O)CBr. The summed E-state index contributed by atoms with van der Waals surface area (Å²) in [6.07, 6.45) is 20.3. The van der Waals surface area contributed by atoms with Gasteiger partial charge in [0.1, 0.15) is 0 Å². The predicted octanol–water partition coefficient (Wildman–Crippen LogP) is 5.79. The van der Waals surface area contributed by atoms with Gasteiger partial charge in [-0.05, 0) is 12.8 Å². The fraction of sp³-hybridized carbons (Fsp3) is 0.906. The van der Waals surface area contributed by atoms with Crippen molar-refractivity contribution in [2.24, 2.45) is 0 Å². The van der Waals surface area contributed by atoms with Crippen LogP contribution in [0.4, 0.5) is 0 Å². The Balaban J connectivity index is 3.17. The highest BCUT2D eigenvalue weighted by Gasteiger charge is 2.02. The molecule has 11 heteroatoms. The molecule has 0 aromatic carbocycles. The summed E-state index contributed by atoms with van der Waals surface area (Å²) in [5, 5.41) is 14.5. The molecule has 0 aliphatic rings. The largest absolute Gasteiger partial charge is 0.481 e. The number of amides is 2. The van der Waals surface area contributed by atoms with E-state index in [0.717, 1.165) is 25.7 Å². The molecule has 0 heterocycles. The van der Waals surface area contributed by atoms with E-state index in [1.807, 2.05) is 0 Å². The van der Waals surface area contributed by atoms with Gasteiger partial charge in [0, 0.05) is 25.9 Å². The van der Waals surface area contributed by atoms with Gasteiger partial charge in [-0.3, -0.25) is 14.4 Å². The number of carbonyl (C=O) groups is 3. The van der Waals surface area contributed by atoms with E-state index in [1.165, 1.54) is 77.0 Å². The molecule has 43 heavy (non-hydrogen) atoms. The number of rotatable bonds is 35. The van der Waals surface area contributed by atoms with Gasteiger partial charge in [-0.25, -0.2) is 0 Å². The third-order valence-corrected chi connectivity index (χ3v) is 7.43. The van der Waals surface area contributed by atoms with E-state index in [4.69, 9.17) is 24.1 Å². The second-order valence-electron chi connectivity index (χ2n) is 10.8. The molecule has 0 bridgehead atoms. The third-order valence-electron chi connectivity index (χ3n) is 6.92. The number of unbranched alkanes of at least 4 members (excludes halogenated alkanes) is 15. The first kappa shape index (κ1) is 41.7. The van der Waals surface area contributed by atoms with Crippen LogP contribution < -0.4 is 10.6 Å². The number of hydrogen-bond acceptors (Lipinski definition) is 7. The lowest BCUT2D eigenvalue weighted by molar-refractivity contribution is -0.137. The van der Waals surface area contributed by atoms with Gasteiger partial charge in [0.25, 0.3) is 0 Å². The van der Waals surface area contributed by atoms with E-state index in [1.54, 1.807) is 0 Å². The lowest BCUT2D eigenvalue weighted by atomic mass is 10.0. The Morgan fingerprint density at radius 3 is 1.09 bits per heavy atom. The number of nitrogens with one attached hydrogen (secondary N) is 2. The quantitative estimate of drug-likeness (QED) is 0.0566. The van der Waals surface area contributed by atoms with Crippen molar-refractivity contribution in [3.8, 4) is 0 Å². The summed E-state index contributed by atoms with van der Waals surface area (Å²) >= 11 is 3.08. The molecule has 0 aromatic rings. The number of ether oxygens (including phenoxy) is 4. The standard InChI is InChI=1S/C32H61BrN2O8/c33-29-31(37)35-20-22-41-24-26-43-28-27-42-25-23-40-21-19-34-30(36)17-15-13-11-9-7-5-3-1-2-4-6-8-10-12-14-16-18-32(38)39/h1-29H2,(H,34,36)(H,35,37)(H,38,39). The fourth-order valence-electron chi connectivity index (χ4n) is 4.46. The topological polar surface area (TPSA) is 132 Å². The number of alkyl halides is 1. The van der Waals surface area contributed by atoms with Gasteiger partial charge in [-0.15, -0.1) is 0 Å². The highest BCUT2D eigenvalue weighted by Crippen LogP contribution is 2.14. The van der Waals surface area contributed by atoms with Crippen molar-refractivity contribution >= 4 is 33.7 Å². The molecule has 0 atom stereocenters. The van der Waals surface area contributed by atoms with Gasteiger partial charge in [0.15, 0.2) is 0 Å². The molecule has 0 unspecified atom stereocenters. The first-order valence-corrected chi connectivity index (χ1v) is 17.8. The molecular formula is C32H61BrN2O8. The Bertz CT molecular complexity index is 642. The zero-order valence-electron chi connectivity index (χ0n) is 26.7. The van der Waals surface area contributed by atoms with Crippen LogP contribution in [0.2, 0.25) is 0 Å². The third kappa shape index (κ3) is 36.8. The van der Waals surface area contributed by atoms with Crippen LogP contribution in [0.15, 0.2) is 0 Å². The Morgan fingerprint density at radius 2 is 0.744 bits per heavy atom. The average molecular weight is 682 g/mol. The van der Waals surface area contributed by atoms with Crippen molar-refractivity contribution in [1.29, 1.82) is 0 Å². The van der Waals surface area contributed by atoms with E-state index >= 15 is 0 Å². The summed E-state index contributed by atoms with van der Waals surface area (Å²) in [4.78, 5) is 33.4. The minimum Gasteiger partial charge on any atom is -0.481 e. The minimum absolute atomic E-state index is 0.0559. The van der Waals surface area contributed by atoms with Crippen LogP contribution in [0.1, 0.15) is 116 Å². The number of hydrogen-bond donors (Lipinski definition) is 3. The highest BCUT2D eigenvalue weighted by molar-refractivity contribution is 9.09. The summed E-state index contributed by atoms with van der Waals surface area (Å²) < 4.78 is 21.7. The van der Waals surface area contributed by atoms with Gasteiger partial charge < -0.3 is 34.7 Å². The number of carboxylic acids is 1. The predicted molar refractivity (Wildman–Crippen MR) is 174 cm³/mol. The Labute approximate surface area is 269 Å². The van der Waals surface area contributed by atoms with Crippen molar-refractivity contribution in [3.63, 3.8) is 0 Å². The maximum absolute atomic E-state index is 11.9. The number of carbonyl (C=O) groups excluding carboxylic acids is 2. The smallest absolute Gasteiger partial charge is 0.303 e. The van der Waals surface area contributed by atoms with Crippen LogP contribution in [-0.2, 0) is 33.3 Å². The summed E-state index contributed by atoms with van der Waals surface area (Å²) in [6, 6.07) is 0. The van der Waals surface area contributed by atoms with E-state index in [-0.39, 0.29) is 11.8 Å². The number of carboxylic acid groups (broad SMARTS) is 1. The van der Waals surface area contributed by atoms with Gasteiger partial charge in [0.05, 0.1) is 58.2 Å². The normalized spacial score (nSPS) is 11.1. The highest BCUT2D eigenvalue weighted by atomic mass is 79.9. The second kappa shape index (κ2) is 35.2. The van der Waals surface area contributed by atoms with Gasteiger partial charge >= 0.3 is 5.97 Å². The minimum atomic E-state index is -0.677. The molecular weight excluding hydrogens is 620 g/mol. The fourth-order valence-corrected chi connectivity index (χ4v) is 4.66. The Morgan fingerprint density at radius 1 is 0.442 bits per heavy atom. The molecule has 0 saturated heterocycles. The summed E-state index contributed by atoms with van der Waals surface area (Å²) in [5.41, 5.74) is 0. The number of halogens is 1. The van der Waals surface area contributed by atoms with Crippen molar-refractivity contribution in [2.75, 3.05) is 71.3 Å². The first-order chi connectivity index (χ1) is 21.1. The maximum Gasteiger partial charge on any atom is 0.303 e. The van der Waals surface area contributed by atoms with E-state index in [2.05, 4.69) is 26.6 Å². The van der Waals surface area contributed by atoms with E-state index in [9.17, 15) is 14.4 Å². The van der Waals surface area contributed by atoms with Crippen LogP contribution >= 0.6 is 15.9 Å². The van der Waals surface area contributed by atoms with Crippen molar-refractivity contribution in [3.05, 3.63) is 0 Å². The molecule has 0 spiro atoms. The summed E-state index contributed by atoms with van der Waals surface area (Å²) in [5.74, 6) is -0.633. The van der Waals surface area contributed by atoms with Gasteiger partial charge in [0.2, 0.25) is 11.8 Å². The number of aliphatic carboxylic acids is 1. The molecule has 0 aromatic heterocycles. The van der Waals surface area contributed by atoms with E-state index in [0.29, 0.717) is 84.1 Å². The van der Waals surface area contributed by atoms with Gasteiger partial charge in [-0.1, -0.05) is 106 Å². The molecule has 0 aliphatic heterocycles. The van der Waals surface area contributed by atoms with Crippen LogP contribution in [0.25, 0.3) is 0 Å². The molecule has 0 radical (unpaired) electrons. The molecule has 3 N–H and O–H groups in total. The van der Waals surface area contributed by atoms with Crippen molar-refractivity contribution in [1.82, 2.24) is 10.6 Å². The molecule has 2 amide bonds. The van der Waals surface area contributed by atoms with Crippen LogP contribution in [0, 0.1) is 0 Å². The van der Waals surface area contributed by atoms with Crippen molar-refractivity contribution in [2.45, 2.75) is 116 Å².